The summed E-state index contributed by atoms with van der Waals surface area (Å²) < 4.78 is 5.73. The van der Waals surface area contributed by atoms with Crippen LogP contribution in [0.1, 0.15) is 48.8 Å². The first kappa shape index (κ1) is 21.9. The third-order valence-corrected chi connectivity index (χ3v) is 6.63. The molecule has 0 saturated heterocycles. The highest BCUT2D eigenvalue weighted by Gasteiger charge is 2.26. The van der Waals surface area contributed by atoms with Gasteiger partial charge in [0.1, 0.15) is 5.75 Å². The number of rotatable bonds is 6. The van der Waals surface area contributed by atoms with Crippen LogP contribution in [0.5, 0.6) is 5.75 Å². The van der Waals surface area contributed by atoms with Gasteiger partial charge >= 0.3 is 5.97 Å². The molecule has 1 fully saturated rings. The van der Waals surface area contributed by atoms with Gasteiger partial charge < -0.3 is 4.74 Å². The minimum Gasteiger partial charge on any atom is -0.423 e. The predicted octanol–water partition coefficient (Wildman–Crippen LogP) is 7.19. The second kappa shape index (κ2) is 9.92. The fourth-order valence-electron chi connectivity index (χ4n) is 5.06. The Morgan fingerprint density at radius 2 is 1.71 bits per heavy atom. The molecule has 5 rings (SSSR count). The largest absolute Gasteiger partial charge is 0.423 e. The van der Waals surface area contributed by atoms with Gasteiger partial charge in [-0.3, -0.25) is 5.10 Å². The van der Waals surface area contributed by atoms with Crippen LogP contribution < -0.4 is 4.74 Å². The third kappa shape index (κ3) is 4.44. The van der Waals surface area contributed by atoms with Gasteiger partial charge in [-0.2, -0.15) is 5.10 Å². The highest BCUT2D eigenvalue weighted by molar-refractivity contribution is 6.02. The van der Waals surface area contributed by atoms with E-state index in [0.29, 0.717) is 11.7 Å². The van der Waals surface area contributed by atoms with E-state index in [4.69, 9.17) is 4.74 Å². The summed E-state index contributed by atoms with van der Waals surface area (Å²) in [5.74, 6) is 0.504. The Kier molecular flexibility index (Phi) is 6.39. The third-order valence-electron chi connectivity index (χ3n) is 6.63. The Hall–Kier alpha value is -3.92. The highest BCUT2D eigenvalue weighted by atomic mass is 16.5. The SMILES string of the molecule is C=CC(=O)Oc1ccccc1/C(=C(/c1ccccc1)C1CCCCC1)c1ccc2[nH]ncc2c1. The van der Waals surface area contributed by atoms with Gasteiger partial charge in [0.25, 0.3) is 0 Å². The van der Waals surface area contributed by atoms with Crippen molar-refractivity contribution in [1.82, 2.24) is 10.2 Å². The fraction of sp³-hybridized carbons (Fsp3) is 0.200. The van der Waals surface area contributed by atoms with Gasteiger partial charge in [0, 0.05) is 17.0 Å². The average Bonchev–Trinajstić information content (AvgIpc) is 3.37. The lowest BCUT2D eigenvalue weighted by atomic mass is 9.76. The van der Waals surface area contributed by atoms with E-state index in [1.807, 2.05) is 30.5 Å². The summed E-state index contributed by atoms with van der Waals surface area (Å²) in [6.07, 6.45) is 9.08. The van der Waals surface area contributed by atoms with Crippen LogP contribution in [0.25, 0.3) is 22.0 Å². The molecule has 0 aliphatic heterocycles. The summed E-state index contributed by atoms with van der Waals surface area (Å²) in [6, 6.07) is 24.8. The Morgan fingerprint density at radius 3 is 2.50 bits per heavy atom. The van der Waals surface area contributed by atoms with Crippen molar-refractivity contribution in [2.24, 2.45) is 5.92 Å². The number of hydrogen-bond donors (Lipinski definition) is 1. The van der Waals surface area contributed by atoms with E-state index in [1.54, 1.807) is 0 Å². The average molecular weight is 449 g/mol. The summed E-state index contributed by atoms with van der Waals surface area (Å²) >= 11 is 0. The number of fused-ring (bicyclic) bond motifs is 1. The molecule has 1 aliphatic rings. The molecule has 0 amide bonds. The second-order valence-electron chi connectivity index (χ2n) is 8.78. The minimum absolute atomic E-state index is 0.425. The summed E-state index contributed by atoms with van der Waals surface area (Å²) in [4.78, 5) is 12.2. The van der Waals surface area contributed by atoms with Crippen LogP contribution in [0.4, 0.5) is 0 Å². The molecule has 170 valence electrons. The van der Waals surface area contributed by atoms with E-state index in [2.05, 4.69) is 65.3 Å². The first-order valence-corrected chi connectivity index (χ1v) is 11.9. The molecule has 0 radical (unpaired) electrons. The molecule has 1 aliphatic carbocycles. The number of nitrogens with one attached hydrogen (secondary N) is 1. The minimum atomic E-state index is -0.462. The molecular weight excluding hydrogens is 420 g/mol. The van der Waals surface area contributed by atoms with Crippen LogP contribution >= 0.6 is 0 Å². The van der Waals surface area contributed by atoms with Crippen molar-refractivity contribution in [1.29, 1.82) is 0 Å². The molecule has 0 atom stereocenters. The monoisotopic (exact) mass is 448 g/mol. The first-order valence-electron chi connectivity index (χ1n) is 11.9. The summed E-state index contributed by atoms with van der Waals surface area (Å²) in [5.41, 5.74) is 6.61. The Morgan fingerprint density at radius 1 is 0.941 bits per heavy atom. The normalized spacial score (nSPS) is 15.1. The summed E-state index contributed by atoms with van der Waals surface area (Å²) in [5, 5.41) is 8.31. The van der Waals surface area contributed by atoms with Crippen molar-refractivity contribution in [3.63, 3.8) is 0 Å². The standard InChI is InChI=1S/C30H28N2O2/c1-2-28(33)34-27-16-10-9-15-25(27)30(23-17-18-26-24(19-23)20-31-32-26)29(21-11-5-3-6-12-21)22-13-7-4-8-14-22/h2-3,5-6,9-12,15-20,22H,1,4,7-8,13-14H2,(H,31,32)/b30-29-. The van der Waals surface area contributed by atoms with Gasteiger partial charge in [0.15, 0.2) is 0 Å². The van der Waals surface area contributed by atoms with Crippen molar-refractivity contribution >= 4 is 28.0 Å². The summed E-state index contributed by atoms with van der Waals surface area (Å²) in [7, 11) is 0. The summed E-state index contributed by atoms with van der Waals surface area (Å²) in [6.45, 7) is 3.58. The Balaban J connectivity index is 1.82. The fourth-order valence-corrected chi connectivity index (χ4v) is 5.06. The Labute approximate surface area is 200 Å². The van der Waals surface area contributed by atoms with E-state index in [1.165, 1.54) is 36.5 Å². The molecule has 1 N–H and O–H groups in total. The molecular formula is C30H28N2O2. The van der Waals surface area contributed by atoms with Gasteiger partial charge in [0.2, 0.25) is 0 Å². The lowest BCUT2D eigenvalue weighted by Crippen LogP contribution is -2.12. The van der Waals surface area contributed by atoms with Crippen molar-refractivity contribution in [3.05, 3.63) is 108 Å². The molecule has 0 bridgehead atoms. The van der Waals surface area contributed by atoms with Crippen LogP contribution in [0.3, 0.4) is 0 Å². The molecule has 4 aromatic rings. The van der Waals surface area contributed by atoms with Crippen molar-refractivity contribution in [2.45, 2.75) is 32.1 Å². The van der Waals surface area contributed by atoms with E-state index in [0.717, 1.165) is 40.4 Å². The van der Waals surface area contributed by atoms with Crippen LogP contribution in [-0.4, -0.2) is 16.2 Å². The zero-order valence-corrected chi connectivity index (χ0v) is 19.2. The number of aromatic amines is 1. The number of carbonyl (C=O) groups is 1. The smallest absolute Gasteiger partial charge is 0.335 e. The lowest BCUT2D eigenvalue weighted by molar-refractivity contribution is -0.128. The van der Waals surface area contributed by atoms with Crippen molar-refractivity contribution in [2.75, 3.05) is 0 Å². The maximum absolute atomic E-state index is 12.2. The van der Waals surface area contributed by atoms with Gasteiger partial charge in [-0.05, 0) is 59.2 Å². The molecule has 0 spiro atoms. The van der Waals surface area contributed by atoms with Crippen LogP contribution in [0.2, 0.25) is 0 Å². The predicted molar refractivity (Wildman–Crippen MR) is 137 cm³/mol. The van der Waals surface area contributed by atoms with E-state index < -0.39 is 5.97 Å². The number of esters is 1. The van der Waals surface area contributed by atoms with Gasteiger partial charge in [-0.25, -0.2) is 4.79 Å². The first-order chi connectivity index (χ1) is 16.7. The van der Waals surface area contributed by atoms with E-state index in [-0.39, 0.29) is 0 Å². The Bertz CT molecular complexity index is 1340. The molecule has 4 heteroatoms. The second-order valence-corrected chi connectivity index (χ2v) is 8.78. The lowest BCUT2D eigenvalue weighted by Gasteiger charge is -2.29. The van der Waals surface area contributed by atoms with Crippen LogP contribution in [-0.2, 0) is 4.79 Å². The molecule has 1 heterocycles. The van der Waals surface area contributed by atoms with Crippen LogP contribution in [0, 0.1) is 5.92 Å². The molecule has 4 nitrogen and oxygen atoms in total. The topological polar surface area (TPSA) is 55.0 Å². The number of hydrogen-bond acceptors (Lipinski definition) is 3. The molecule has 0 unspecified atom stereocenters. The number of aromatic nitrogens is 2. The number of benzene rings is 3. The molecule has 1 aromatic heterocycles. The van der Waals surface area contributed by atoms with Crippen LogP contribution in [0.15, 0.2) is 91.6 Å². The van der Waals surface area contributed by atoms with E-state index >= 15 is 0 Å². The van der Waals surface area contributed by atoms with Gasteiger partial charge in [-0.1, -0.05) is 80.4 Å². The number of carbonyl (C=O) groups excluding carboxylic acids is 1. The molecule has 1 saturated carbocycles. The zero-order valence-electron chi connectivity index (χ0n) is 19.2. The number of para-hydroxylation sites is 1. The van der Waals surface area contributed by atoms with E-state index in [9.17, 15) is 4.79 Å². The maximum atomic E-state index is 12.2. The van der Waals surface area contributed by atoms with Gasteiger partial charge in [0.05, 0.1) is 11.7 Å². The van der Waals surface area contributed by atoms with Crippen molar-refractivity contribution < 1.29 is 9.53 Å². The number of nitrogens with zero attached hydrogens (tertiary/aromatic N) is 1. The number of H-pyrrole nitrogens is 1. The molecule has 34 heavy (non-hydrogen) atoms. The molecule has 3 aromatic carbocycles. The number of allylic oxidation sites excluding steroid dienone is 1. The quantitative estimate of drug-likeness (QED) is 0.147. The zero-order chi connectivity index (χ0) is 23.3. The highest BCUT2D eigenvalue weighted by Crippen LogP contribution is 2.45. The van der Waals surface area contributed by atoms with Gasteiger partial charge in [-0.15, -0.1) is 0 Å². The maximum Gasteiger partial charge on any atom is 0.335 e. The van der Waals surface area contributed by atoms with Crippen molar-refractivity contribution in [3.8, 4) is 5.75 Å². The number of ether oxygens (including phenoxy) is 1.